The lowest BCUT2D eigenvalue weighted by molar-refractivity contribution is 0.159. The molecular weight excluding hydrogens is 270 g/mol. The lowest BCUT2D eigenvalue weighted by Crippen LogP contribution is -2.39. The van der Waals surface area contributed by atoms with Crippen molar-refractivity contribution < 1.29 is 0 Å². The quantitative estimate of drug-likeness (QED) is 0.640. The van der Waals surface area contributed by atoms with Gasteiger partial charge < -0.3 is 10.3 Å². The van der Waals surface area contributed by atoms with Gasteiger partial charge >= 0.3 is 0 Å². The standard InChI is InChI=1S/C14H21N5S/c1-19-9-2-3-10(19)5-8(4-9)13-16-12-7-20-6-11(12)14(17-13)18-15/h8-10H,2-7,15H2,1H3,(H,16,17,18). The molecular formula is C14H21N5S. The Morgan fingerprint density at radius 3 is 2.65 bits per heavy atom. The van der Waals surface area contributed by atoms with Gasteiger partial charge in [0.25, 0.3) is 0 Å². The van der Waals surface area contributed by atoms with Crippen molar-refractivity contribution in [2.24, 2.45) is 5.84 Å². The number of hydrazine groups is 1. The van der Waals surface area contributed by atoms with E-state index in [-0.39, 0.29) is 0 Å². The van der Waals surface area contributed by atoms with Crippen molar-refractivity contribution in [1.82, 2.24) is 14.9 Å². The minimum absolute atomic E-state index is 0.506. The van der Waals surface area contributed by atoms with Gasteiger partial charge in [-0.15, -0.1) is 0 Å². The van der Waals surface area contributed by atoms with Crippen LogP contribution in [0.4, 0.5) is 5.82 Å². The zero-order valence-electron chi connectivity index (χ0n) is 11.8. The van der Waals surface area contributed by atoms with Crippen molar-refractivity contribution in [1.29, 1.82) is 0 Å². The number of aromatic nitrogens is 2. The fourth-order valence-electron chi connectivity index (χ4n) is 3.99. The molecule has 3 N–H and O–H groups in total. The van der Waals surface area contributed by atoms with Crippen LogP contribution in [0.2, 0.25) is 0 Å². The first kappa shape index (κ1) is 12.9. The van der Waals surface area contributed by atoms with E-state index in [9.17, 15) is 0 Å². The Morgan fingerprint density at radius 2 is 1.95 bits per heavy atom. The molecule has 108 valence electrons. The summed E-state index contributed by atoms with van der Waals surface area (Å²) in [5.41, 5.74) is 5.18. The van der Waals surface area contributed by atoms with E-state index >= 15 is 0 Å². The predicted octanol–water partition coefficient (Wildman–Crippen LogP) is 1.85. The fraction of sp³-hybridized carbons (Fsp3) is 0.714. The molecule has 0 aromatic carbocycles. The lowest BCUT2D eigenvalue weighted by Gasteiger charge is -2.35. The van der Waals surface area contributed by atoms with Crippen LogP contribution in [0.25, 0.3) is 0 Å². The number of nitrogens with two attached hydrogens (primary N) is 1. The van der Waals surface area contributed by atoms with Crippen LogP contribution in [0.1, 0.15) is 48.7 Å². The first-order chi connectivity index (χ1) is 9.76. The summed E-state index contributed by atoms with van der Waals surface area (Å²) >= 11 is 1.90. The summed E-state index contributed by atoms with van der Waals surface area (Å²) < 4.78 is 0. The average molecular weight is 291 g/mol. The minimum Gasteiger partial charge on any atom is -0.308 e. The number of thioether (sulfide) groups is 1. The van der Waals surface area contributed by atoms with Crippen LogP contribution >= 0.6 is 11.8 Å². The molecule has 6 heteroatoms. The van der Waals surface area contributed by atoms with E-state index < -0.39 is 0 Å². The third-order valence-electron chi connectivity index (χ3n) is 5.20. The van der Waals surface area contributed by atoms with Crippen LogP contribution in [0.5, 0.6) is 0 Å². The highest BCUT2D eigenvalue weighted by molar-refractivity contribution is 7.98. The Hall–Kier alpha value is -0.850. The van der Waals surface area contributed by atoms with E-state index in [1.807, 2.05) is 11.8 Å². The number of fused-ring (bicyclic) bond motifs is 3. The van der Waals surface area contributed by atoms with Crippen LogP contribution in [0, 0.1) is 0 Å². The summed E-state index contributed by atoms with van der Waals surface area (Å²) in [5.74, 6) is 10.0. The van der Waals surface area contributed by atoms with Gasteiger partial charge in [-0.25, -0.2) is 15.8 Å². The highest BCUT2D eigenvalue weighted by Crippen LogP contribution is 2.42. The molecule has 2 bridgehead atoms. The number of nitrogen functional groups attached to an aromatic ring is 1. The number of nitrogens with zero attached hydrogens (tertiary/aromatic N) is 3. The van der Waals surface area contributed by atoms with E-state index in [1.54, 1.807) is 0 Å². The van der Waals surface area contributed by atoms with E-state index in [4.69, 9.17) is 15.8 Å². The molecule has 1 aromatic heterocycles. The Kier molecular flexibility index (Phi) is 3.12. The molecule has 4 rings (SSSR count). The van der Waals surface area contributed by atoms with Crippen LogP contribution in [0.15, 0.2) is 0 Å². The van der Waals surface area contributed by atoms with Crippen molar-refractivity contribution in [3.8, 4) is 0 Å². The third-order valence-corrected chi connectivity index (χ3v) is 6.17. The van der Waals surface area contributed by atoms with Gasteiger partial charge in [0.1, 0.15) is 11.6 Å². The first-order valence-electron chi connectivity index (χ1n) is 7.42. The number of piperidine rings is 1. The summed E-state index contributed by atoms with van der Waals surface area (Å²) in [4.78, 5) is 12.1. The SMILES string of the molecule is CN1C2CCC1CC(c1nc3c(c(NN)n1)CSC3)C2. The van der Waals surface area contributed by atoms with Crippen molar-refractivity contribution in [2.45, 2.75) is 55.2 Å². The zero-order chi connectivity index (χ0) is 13.7. The van der Waals surface area contributed by atoms with Gasteiger partial charge in [0.15, 0.2) is 0 Å². The summed E-state index contributed by atoms with van der Waals surface area (Å²) in [6.45, 7) is 0. The Balaban J connectivity index is 1.66. The molecule has 3 aliphatic heterocycles. The Morgan fingerprint density at radius 1 is 1.20 bits per heavy atom. The molecule has 20 heavy (non-hydrogen) atoms. The topological polar surface area (TPSA) is 67.1 Å². The van der Waals surface area contributed by atoms with Crippen molar-refractivity contribution in [2.75, 3.05) is 12.5 Å². The molecule has 2 fully saturated rings. The zero-order valence-corrected chi connectivity index (χ0v) is 12.6. The van der Waals surface area contributed by atoms with E-state index in [0.29, 0.717) is 5.92 Å². The summed E-state index contributed by atoms with van der Waals surface area (Å²) in [6.07, 6.45) is 5.06. The van der Waals surface area contributed by atoms with Gasteiger partial charge in [-0.2, -0.15) is 11.8 Å². The summed E-state index contributed by atoms with van der Waals surface area (Å²) in [6, 6.07) is 1.44. The smallest absolute Gasteiger partial charge is 0.148 e. The highest BCUT2D eigenvalue weighted by Gasteiger charge is 2.40. The molecule has 0 aliphatic carbocycles. The lowest BCUT2D eigenvalue weighted by atomic mass is 9.90. The maximum Gasteiger partial charge on any atom is 0.148 e. The van der Waals surface area contributed by atoms with Crippen LogP contribution in [-0.4, -0.2) is 34.0 Å². The first-order valence-corrected chi connectivity index (χ1v) is 8.57. The number of hydrogen-bond acceptors (Lipinski definition) is 6. The van der Waals surface area contributed by atoms with E-state index in [1.165, 1.54) is 36.9 Å². The number of nitrogens with one attached hydrogen (secondary N) is 1. The molecule has 3 aliphatic rings. The normalized spacial score (nSPS) is 32.4. The monoisotopic (exact) mass is 291 g/mol. The van der Waals surface area contributed by atoms with Crippen LogP contribution in [0.3, 0.4) is 0 Å². The molecule has 2 saturated heterocycles. The highest BCUT2D eigenvalue weighted by atomic mass is 32.2. The van der Waals surface area contributed by atoms with Gasteiger partial charge in [-0.3, -0.25) is 0 Å². The van der Waals surface area contributed by atoms with Crippen molar-refractivity contribution in [3.05, 3.63) is 17.1 Å². The second kappa shape index (κ2) is 4.86. The van der Waals surface area contributed by atoms with Gasteiger partial charge in [0.2, 0.25) is 0 Å². The molecule has 2 unspecified atom stereocenters. The maximum atomic E-state index is 5.65. The molecule has 1 aromatic rings. The number of hydrogen-bond donors (Lipinski definition) is 2. The van der Waals surface area contributed by atoms with Crippen molar-refractivity contribution in [3.63, 3.8) is 0 Å². The number of rotatable bonds is 2. The van der Waals surface area contributed by atoms with Gasteiger partial charge in [-0.1, -0.05) is 0 Å². The van der Waals surface area contributed by atoms with Crippen LogP contribution < -0.4 is 11.3 Å². The van der Waals surface area contributed by atoms with Gasteiger partial charge in [-0.05, 0) is 32.7 Å². The molecule has 4 heterocycles. The Bertz CT molecular complexity index is 521. The van der Waals surface area contributed by atoms with Gasteiger partial charge in [0, 0.05) is 35.1 Å². The predicted molar refractivity (Wildman–Crippen MR) is 81.4 cm³/mol. The summed E-state index contributed by atoms with van der Waals surface area (Å²) in [7, 11) is 2.27. The minimum atomic E-state index is 0.506. The van der Waals surface area contributed by atoms with E-state index in [0.717, 1.165) is 35.2 Å². The average Bonchev–Trinajstić information content (AvgIpc) is 2.99. The molecule has 0 spiro atoms. The maximum absolute atomic E-state index is 5.65. The number of anilines is 1. The Labute approximate surface area is 123 Å². The van der Waals surface area contributed by atoms with Crippen molar-refractivity contribution >= 4 is 17.6 Å². The molecule has 0 saturated carbocycles. The van der Waals surface area contributed by atoms with Crippen LogP contribution in [-0.2, 0) is 11.5 Å². The second-order valence-electron chi connectivity index (χ2n) is 6.21. The molecule has 2 atom stereocenters. The van der Waals surface area contributed by atoms with Gasteiger partial charge in [0.05, 0.1) is 5.69 Å². The fourth-order valence-corrected chi connectivity index (χ4v) is 5.04. The largest absolute Gasteiger partial charge is 0.308 e. The molecule has 0 radical (unpaired) electrons. The molecule has 0 amide bonds. The summed E-state index contributed by atoms with van der Waals surface area (Å²) in [5, 5.41) is 0. The van der Waals surface area contributed by atoms with E-state index in [2.05, 4.69) is 17.4 Å². The molecule has 5 nitrogen and oxygen atoms in total. The second-order valence-corrected chi connectivity index (χ2v) is 7.20. The third kappa shape index (κ3) is 1.93.